The van der Waals surface area contributed by atoms with Crippen molar-refractivity contribution in [3.63, 3.8) is 0 Å². The maximum atomic E-state index is 11.8. The molecule has 0 aliphatic heterocycles. The number of hydrogen-bond donors (Lipinski definition) is 6. The molecule has 0 aromatic carbocycles. The molecule has 0 saturated heterocycles. The number of rotatable bonds is 9. The summed E-state index contributed by atoms with van der Waals surface area (Å²) in [5.74, 6) is -0.148. The predicted molar refractivity (Wildman–Crippen MR) is 91.8 cm³/mol. The van der Waals surface area contributed by atoms with Gasteiger partial charge in [0, 0.05) is 0 Å². The lowest BCUT2D eigenvalue weighted by Gasteiger charge is -2.19. The molecule has 19 heteroatoms. The van der Waals surface area contributed by atoms with Gasteiger partial charge in [-0.15, -0.1) is 0 Å². The number of hydrogen-bond acceptors (Lipinski definition) is 10. The second kappa shape index (κ2) is 8.13. The van der Waals surface area contributed by atoms with E-state index >= 15 is 0 Å². The fourth-order valence-corrected chi connectivity index (χ4v) is 5.37. The van der Waals surface area contributed by atoms with Gasteiger partial charge in [-0.05, 0) is 6.92 Å². The number of aromatic nitrogens is 4. The SMILES string of the molecule is CC(Cn1cnc2c(=O)[nH]c(N)nc21)OCP(=O)(O)OP(=O)(O)OP(=O)(O)O. The molecular formula is C9H16N5O11P3. The summed E-state index contributed by atoms with van der Waals surface area (Å²) in [5.41, 5.74) is 5.04. The van der Waals surface area contributed by atoms with Crippen LogP contribution in [0.3, 0.4) is 0 Å². The highest BCUT2D eigenvalue weighted by Crippen LogP contribution is 2.65. The second-order valence-corrected chi connectivity index (χ2v) is 10.1. The topological polar surface area (TPSA) is 249 Å². The van der Waals surface area contributed by atoms with Gasteiger partial charge in [-0.25, -0.2) is 18.4 Å². The Morgan fingerprint density at radius 2 is 1.89 bits per heavy atom. The lowest BCUT2D eigenvalue weighted by atomic mass is 10.4. The Labute approximate surface area is 155 Å². The Bertz CT molecular complexity index is 1060. The third-order valence-electron chi connectivity index (χ3n) is 2.91. The maximum absolute atomic E-state index is 11.8. The molecule has 16 nitrogen and oxygen atoms in total. The Kier molecular flexibility index (Phi) is 6.63. The number of nitrogens with zero attached hydrogens (tertiary/aromatic N) is 3. The van der Waals surface area contributed by atoms with Gasteiger partial charge in [0.2, 0.25) is 5.95 Å². The van der Waals surface area contributed by atoms with Gasteiger partial charge < -0.3 is 34.6 Å². The van der Waals surface area contributed by atoms with Crippen molar-refractivity contribution in [2.24, 2.45) is 0 Å². The summed E-state index contributed by atoms with van der Waals surface area (Å²) < 4.78 is 47.4. The van der Waals surface area contributed by atoms with Crippen LogP contribution in [0.25, 0.3) is 11.2 Å². The third-order valence-corrected chi connectivity index (χ3v) is 6.91. The number of aromatic amines is 1. The maximum Gasteiger partial charge on any atom is 0.488 e. The van der Waals surface area contributed by atoms with Crippen molar-refractivity contribution in [2.45, 2.75) is 19.6 Å². The quantitative estimate of drug-likeness (QED) is 0.256. The number of nitrogen functional groups attached to an aromatic ring is 1. The van der Waals surface area contributed by atoms with E-state index in [1.165, 1.54) is 17.8 Å². The molecule has 2 aromatic heterocycles. The number of ether oxygens (including phenoxy) is 1. The Hall–Kier alpha value is -1.44. The van der Waals surface area contributed by atoms with Gasteiger partial charge in [-0.2, -0.15) is 9.29 Å². The summed E-state index contributed by atoms with van der Waals surface area (Å²) in [6, 6.07) is 0. The molecule has 0 fully saturated rings. The fourth-order valence-electron chi connectivity index (χ4n) is 1.99. The number of fused-ring (bicyclic) bond motifs is 1. The van der Waals surface area contributed by atoms with Crippen molar-refractivity contribution in [3.05, 3.63) is 16.7 Å². The Morgan fingerprint density at radius 3 is 2.50 bits per heavy atom. The summed E-state index contributed by atoms with van der Waals surface area (Å²) in [5, 5.41) is 0. The predicted octanol–water partition coefficient (Wildman–Crippen LogP) is -0.524. The smallest absolute Gasteiger partial charge is 0.369 e. The van der Waals surface area contributed by atoms with Crippen LogP contribution in [0.2, 0.25) is 0 Å². The molecule has 3 unspecified atom stereocenters. The molecule has 2 aromatic rings. The normalized spacial score (nSPS) is 17.9. The number of anilines is 1. The van der Waals surface area contributed by atoms with Gasteiger partial charge in [-0.1, -0.05) is 0 Å². The zero-order valence-electron chi connectivity index (χ0n) is 14.0. The number of nitrogens with two attached hydrogens (primary N) is 1. The van der Waals surface area contributed by atoms with E-state index in [0.717, 1.165) is 0 Å². The van der Waals surface area contributed by atoms with E-state index in [-0.39, 0.29) is 23.7 Å². The first-order chi connectivity index (χ1) is 12.7. The lowest BCUT2D eigenvalue weighted by Crippen LogP contribution is -2.18. The molecule has 2 heterocycles. The van der Waals surface area contributed by atoms with E-state index in [4.69, 9.17) is 25.2 Å². The molecule has 0 saturated carbocycles. The fraction of sp³-hybridized carbons (Fsp3) is 0.444. The van der Waals surface area contributed by atoms with E-state index < -0.39 is 41.3 Å². The van der Waals surface area contributed by atoms with Crippen LogP contribution < -0.4 is 11.3 Å². The number of imidazole rings is 1. The monoisotopic (exact) mass is 463 g/mol. The van der Waals surface area contributed by atoms with Crippen molar-refractivity contribution in [2.75, 3.05) is 12.1 Å². The highest BCUT2D eigenvalue weighted by atomic mass is 31.3. The summed E-state index contributed by atoms with van der Waals surface area (Å²) in [6.07, 6.45) is -0.659. The van der Waals surface area contributed by atoms with Crippen molar-refractivity contribution in [1.82, 2.24) is 19.5 Å². The summed E-state index contributed by atoms with van der Waals surface area (Å²) in [4.78, 5) is 57.3. The van der Waals surface area contributed by atoms with Gasteiger partial charge >= 0.3 is 23.2 Å². The molecular weight excluding hydrogens is 447 g/mol. The minimum Gasteiger partial charge on any atom is -0.369 e. The van der Waals surface area contributed by atoms with Crippen LogP contribution in [-0.2, 0) is 33.6 Å². The molecule has 0 spiro atoms. The highest BCUT2D eigenvalue weighted by Gasteiger charge is 2.39. The van der Waals surface area contributed by atoms with E-state index in [9.17, 15) is 23.4 Å². The first-order valence-corrected chi connectivity index (χ1v) is 11.9. The van der Waals surface area contributed by atoms with Crippen LogP contribution in [0.1, 0.15) is 6.92 Å². The average Bonchev–Trinajstić information content (AvgIpc) is 2.84. The van der Waals surface area contributed by atoms with E-state index in [0.29, 0.717) is 0 Å². The second-order valence-electron chi connectivity index (χ2n) is 5.39. The summed E-state index contributed by atoms with van der Waals surface area (Å²) in [6.45, 7) is 1.44. The molecule has 2 rings (SSSR count). The van der Waals surface area contributed by atoms with Gasteiger partial charge in [0.15, 0.2) is 11.2 Å². The standard InChI is InChI=1S/C9H16N5O11P3/c1-5(2-14-3-11-6-7(14)12-9(10)13-8(6)15)23-4-26(16,17)24-28(21,22)25-27(18,19)20/h3,5H,2,4H2,1H3,(H,16,17)(H,21,22)(H2,18,19,20)(H3,10,12,13,15). The van der Waals surface area contributed by atoms with Crippen molar-refractivity contribution >= 4 is 40.4 Å². The lowest BCUT2D eigenvalue weighted by molar-refractivity contribution is 0.0757. The van der Waals surface area contributed by atoms with Crippen molar-refractivity contribution in [1.29, 1.82) is 0 Å². The molecule has 3 atom stereocenters. The van der Waals surface area contributed by atoms with Crippen molar-refractivity contribution in [3.8, 4) is 0 Å². The number of H-pyrrole nitrogens is 1. The molecule has 0 bridgehead atoms. The van der Waals surface area contributed by atoms with Gasteiger partial charge in [0.25, 0.3) is 5.56 Å². The van der Waals surface area contributed by atoms with Crippen LogP contribution in [0.5, 0.6) is 0 Å². The van der Waals surface area contributed by atoms with Gasteiger partial charge in [0.05, 0.1) is 19.0 Å². The van der Waals surface area contributed by atoms with Crippen molar-refractivity contribution < 1.29 is 46.6 Å². The van der Waals surface area contributed by atoms with E-state index in [1.54, 1.807) is 0 Å². The van der Waals surface area contributed by atoms with Crippen LogP contribution in [0.15, 0.2) is 11.1 Å². The summed E-state index contributed by atoms with van der Waals surface area (Å²) >= 11 is 0. The molecule has 0 amide bonds. The molecule has 28 heavy (non-hydrogen) atoms. The van der Waals surface area contributed by atoms with Crippen LogP contribution >= 0.6 is 23.2 Å². The largest absolute Gasteiger partial charge is 0.488 e. The minimum absolute atomic E-state index is 0.00775. The number of phosphoric acid groups is 2. The highest BCUT2D eigenvalue weighted by molar-refractivity contribution is 7.68. The molecule has 158 valence electrons. The first-order valence-electron chi connectivity index (χ1n) is 7.12. The molecule has 0 aliphatic carbocycles. The zero-order chi connectivity index (χ0) is 21.3. The average molecular weight is 463 g/mol. The van der Waals surface area contributed by atoms with Crippen LogP contribution in [-0.4, -0.2) is 51.5 Å². The van der Waals surface area contributed by atoms with E-state index in [2.05, 4.69) is 23.6 Å². The Balaban J connectivity index is 2.01. The molecule has 0 radical (unpaired) electrons. The first kappa shape index (κ1) is 22.8. The molecule has 0 aliphatic rings. The van der Waals surface area contributed by atoms with Crippen LogP contribution in [0, 0.1) is 0 Å². The summed E-state index contributed by atoms with van der Waals surface area (Å²) in [7, 11) is -15.9. The molecule has 7 N–H and O–H groups in total. The van der Waals surface area contributed by atoms with E-state index in [1.807, 2.05) is 0 Å². The zero-order valence-corrected chi connectivity index (χ0v) is 16.7. The minimum atomic E-state index is -5.53. The van der Waals surface area contributed by atoms with Gasteiger partial charge in [0.1, 0.15) is 6.35 Å². The Morgan fingerprint density at radius 1 is 1.25 bits per heavy atom. The number of nitrogens with one attached hydrogen (secondary N) is 1. The third kappa shape index (κ3) is 6.57. The van der Waals surface area contributed by atoms with Gasteiger partial charge in [-0.3, -0.25) is 14.3 Å². The van der Waals surface area contributed by atoms with Crippen LogP contribution in [0.4, 0.5) is 5.95 Å².